The summed E-state index contributed by atoms with van der Waals surface area (Å²) in [6.07, 6.45) is 1.66. The Labute approximate surface area is 148 Å². The highest BCUT2D eigenvalue weighted by Gasteiger charge is 2.32. The van der Waals surface area contributed by atoms with Crippen molar-refractivity contribution in [3.8, 4) is 0 Å². The normalized spacial score (nSPS) is 18.7. The van der Waals surface area contributed by atoms with Crippen LogP contribution in [0.4, 0.5) is 5.69 Å². The van der Waals surface area contributed by atoms with E-state index in [0.717, 1.165) is 18.5 Å². The molecule has 0 saturated heterocycles. The number of hydrogen-bond donors (Lipinski definition) is 0. The van der Waals surface area contributed by atoms with Gasteiger partial charge in [0.25, 0.3) is 0 Å². The van der Waals surface area contributed by atoms with Gasteiger partial charge in [-0.1, -0.05) is 42.5 Å². The van der Waals surface area contributed by atoms with Crippen LogP contribution in [-0.2, 0) is 29.0 Å². The molecule has 0 radical (unpaired) electrons. The van der Waals surface area contributed by atoms with Crippen molar-refractivity contribution >= 4 is 17.5 Å². The molecule has 4 rings (SSSR count). The van der Waals surface area contributed by atoms with E-state index in [9.17, 15) is 9.59 Å². The number of rotatable bonds is 2. The van der Waals surface area contributed by atoms with Gasteiger partial charge in [0.15, 0.2) is 0 Å². The van der Waals surface area contributed by atoms with E-state index >= 15 is 0 Å². The van der Waals surface area contributed by atoms with Gasteiger partial charge in [-0.15, -0.1) is 0 Å². The lowest BCUT2D eigenvalue weighted by molar-refractivity contribution is -0.136. The summed E-state index contributed by atoms with van der Waals surface area (Å²) in [6, 6.07) is 16.3. The van der Waals surface area contributed by atoms with Crippen LogP contribution in [0.15, 0.2) is 48.5 Å². The fraction of sp³-hybridized carbons (Fsp3) is 0.333. The smallest absolute Gasteiger partial charge is 0.236 e. The van der Waals surface area contributed by atoms with E-state index in [1.54, 1.807) is 4.90 Å². The fourth-order valence-corrected chi connectivity index (χ4v) is 3.98. The number of fused-ring (bicyclic) bond motifs is 2. The van der Waals surface area contributed by atoms with Gasteiger partial charge in [-0.25, -0.2) is 0 Å². The van der Waals surface area contributed by atoms with Crippen LogP contribution in [-0.4, -0.2) is 29.3 Å². The molecule has 0 bridgehead atoms. The summed E-state index contributed by atoms with van der Waals surface area (Å²) in [7, 11) is 0. The van der Waals surface area contributed by atoms with Crippen molar-refractivity contribution in [2.75, 3.05) is 11.4 Å². The molecular weight excluding hydrogens is 312 g/mol. The number of carbonyl (C=O) groups is 2. The Morgan fingerprint density at radius 1 is 0.960 bits per heavy atom. The lowest BCUT2D eigenvalue weighted by Crippen LogP contribution is -2.42. The number of amides is 2. The molecular formula is C21H22N2O2. The van der Waals surface area contributed by atoms with Gasteiger partial charge >= 0.3 is 0 Å². The molecule has 2 aliphatic heterocycles. The average molecular weight is 334 g/mol. The molecule has 2 aliphatic rings. The number of hydrogen-bond acceptors (Lipinski definition) is 2. The monoisotopic (exact) mass is 334 g/mol. The second-order valence-corrected chi connectivity index (χ2v) is 6.96. The zero-order valence-corrected chi connectivity index (χ0v) is 14.4. The van der Waals surface area contributed by atoms with Crippen molar-refractivity contribution in [1.29, 1.82) is 0 Å². The molecule has 2 aromatic rings. The van der Waals surface area contributed by atoms with Crippen LogP contribution in [0.1, 0.15) is 30.0 Å². The molecule has 1 unspecified atom stereocenters. The van der Waals surface area contributed by atoms with Crippen molar-refractivity contribution in [3.05, 3.63) is 65.2 Å². The number of benzene rings is 2. The molecule has 0 N–H and O–H groups in total. The Kier molecular flexibility index (Phi) is 4.04. The van der Waals surface area contributed by atoms with Gasteiger partial charge in [-0.05, 0) is 42.5 Å². The summed E-state index contributed by atoms with van der Waals surface area (Å²) >= 11 is 0. The van der Waals surface area contributed by atoms with Crippen LogP contribution >= 0.6 is 0 Å². The van der Waals surface area contributed by atoms with Crippen molar-refractivity contribution < 1.29 is 9.59 Å². The molecule has 1 atom stereocenters. The van der Waals surface area contributed by atoms with Gasteiger partial charge in [0, 0.05) is 24.8 Å². The van der Waals surface area contributed by atoms with Crippen LogP contribution in [0, 0.1) is 0 Å². The van der Waals surface area contributed by atoms with Gasteiger partial charge in [0.05, 0.1) is 0 Å². The van der Waals surface area contributed by atoms with Gasteiger partial charge in [0.2, 0.25) is 11.8 Å². The molecule has 4 nitrogen and oxygen atoms in total. The summed E-state index contributed by atoms with van der Waals surface area (Å²) in [5.41, 5.74) is 4.63. The molecule has 0 aromatic heterocycles. The first-order valence-corrected chi connectivity index (χ1v) is 8.88. The summed E-state index contributed by atoms with van der Waals surface area (Å²) in [5.74, 6) is -0.169. The maximum atomic E-state index is 12.8. The Morgan fingerprint density at radius 2 is 1.64 bits per heavy atom. The molecule has 2 aromatic carbocycles. The predicted octanol–water partition coefficient (Wildman–Crippen LogP) is 2.94. The number of carbonyl (C=O) groups excluding carboxylic acids is 2. The van der Waals surface area contributed by atoms with Gasteiger partial charge in [-0.2, -0.15) is 0 Å². The van der Waals surface area contributed by atoms with E-state index in [4.69, 9.17) is 0 Å². The number of nitrogens with zero attached hydrogens (tertiary/aromatic N) is 2. The van der Waals surface area contributed by atoms with Crippen LogP contribution in [0.5, 0.6) is 0 Å². The Hall–Kier alpha value is -2.62. The minimum Gasteiger partial charge on any atom is -0.338 e. The van der Waals surface area contributed by atoms with E-state index in [-0.39, 0.29) is 24.3 Å². The largest absolute Gasteiger partial charge is 0.338 e. The molecule has 128 valence electrons. The minimum absolute atomic E-state index is 0.0547. The van der Waals surface area contributed by atoms with Crippen molar-refractivity contribution in [1.82, 2.24) is 4.90 Å². The first-order valence-electron chi connectivity index (χ1n) is 8.88. The Balaban J connectivity index is 1.46. The highest BCUT2D eigenvalue weighted by atomic mass is 16.2. The van der Waals surface area contributed by atoms with Crippen molar-refractivity contribution in [3.63, 3.8) is 0 Å². The van der Waals surface area contributed by atoms with Crippen LogP contribution in [0.2, 0.25) is 0 Å². The molecule has 0 fully saturated rings. The molecule has 2 amide bonds. The maximum Gasteiger partial charge on any atom is 0.236 e. The van der Waals surface area contributed by atoms with Crippen molar-refractivity contribution in [2.24, 2.45) is 0 Å². The van der Waals surface area contributed by atoms with Gasteiger partial charge < -0.3 is 9.80 Å². The third kappa shape index (κ3) is 2.93. The van der Waals surface area contributed by atoms with Crippen molar-refractivity contribution in [2.45, 2.75) is 38.8 Å². The second kappa shape index (κ2) is 6.36. The van der Waals surface area contributed by atoms with Crippen LogP contribution in [0.3, 0.4) is 0 Å². The zero-order chi connectivity index (χ0) is 17.4. The third-order valence-electron chi connectivity index (χ3n) is 5.26. The first kappa shape index (κ1) is 15.9. The van der Waals surface area contributed by atoms with E-state index in [1.807, 2.05) is 42.2 Å². The first-order chi connectivity index (χ1) is 12.1. The molecule has 0 aliphatic carbocycles. The van der Waals surface area contributed by atoms with E-state index in [1.165, 1.54) is 16.7 Å². The SMILES string of the molecule is CC1Cc2ccccc2N1C(=O)CC(=O)N1CCc2ccccc2C1. The quantitative estimate of drug-likeness (QED) is 0.792. The number of para-hydroxylation sites is 1. The highest BCUT2D eigenvalue weighted by Crippen LogP contribution is 2.32. The molecule has 0 saturated carbocycles. The summed E-state index contributed by atoms with van der Waals surface area (Å²) in [6.45, 7) is 3.34. The predicted molar refractivity (Wildman–Crippen MR) is 97.3 cm³/mol. The molecule has 2 heterocycles. The third-order valence-corrected chi connectivity index (χ3v) is 5.26. The van der Waals surface area contributed by atoms with Crippen LogP contribution < -0.4 is 4.90 Å². The number of anilines is 1. The van der Waals surface area contributed by atoms with E-state index < -0.39 is 0 Å². The lowest BCUT2D eigenvalue weighted by Gasteiger charge is -2.30. The van der Waals surface area contributed by atoms with Gasteiger partial charge in [0.1, 0.15) is 6.42 Å². The summed E-state index contributed by atoms with van der Waals surface area (Å²) in [4.78, 5) is 29.1. The summed E-state index contributed by atoms with van der Waals surface area (Å²) < 4.78 is 0. The standard InChI is InChI=1S/C21H22N2O2/c1-15-12-17-7-4-5-9-19(17)23(15)21(25)13-20(24)22-11-10-16-6-2-3-8-18(16)14-22/h2-9,15H,10-14H2,1H3. The van der Waals surface area contributed by atoms with E-state index in [0.29, 0.717) is 13.1 Å². The topological polar surface area (TPSA) is 40.6 Å². The Morgan fingerprint density at radius 3 is 2.44 bits per heavy atom. The molecule has 0 spiro atoms. The highest BCUT2D eigenvalue weighted by molar-refractivity contribution is 6.06. The molecule has 25 heavy (non-hydrogen) atoms. The summed E-state index contributed by atoms with van der Waals surface area (Å²) in [5, 5.41) is 0. The Bertz CT molecular complexity index is 830. The maximum absolute atomic E-state index is 12.8. The van der Waals surface area contributed by atoms with E-state index in [2.05, 4.69) is 18.2 Å². The fourth-order valence-electron chi connectivity index (χ4n) is 3.98. The van der Waals surface area contributed by atoms with Gasteiger partial charge in [-0.3, -0.25) is 9.59 Å². The molecule has 4 heteroatoms. The lowest BCUT2D eigenvalue weighted by atomic mass is 10.00. The van der Waals surface area contributed by atoms with Crippen LogP contribution in [0.25, 0.3) is 0 Å². The average Bonchev–Trinajstić information content (AvgIpc) is 2.97. The zero-order valence-electron chi connectivity index (χ0n) is 14.4. The second-order valence-electron chi connectivity index (χ2n) is 6.96. The minimum atomic E-state index is -0.0960.